The summed E-state index contributed by atoms with van der Waals surface area (Å²) in [6, 6.07) is 13.7. The molecule has 1 fully saturated rings. The van der Waals surface area contributed by atoms with Crippen LogP contribution in [0.15, 0.2) is 46.9 Å². The molecule has 5 nitrogen and oxygen atoms in total. The summed E-state index contributed by atoms with van der Waals surface area (Å²) in [6.07, 6.45) is 3.13. The Labute approximate surface area is 146 Å². The minimum Gasteiger partial charge on any atom is -0.436 e. The number of nitrogens with zero attached hydrogens (tertiary/aromatic N) is 2. The van der Waals surface area contributed by atoms with Crippen LogP contribution < -0.4 is 10.2 Å². The maximum absolute atomic E-state index is 12.1. The van der Waals surface area contributed by atoms with Gasteiger partial charge in [-0.1, -0.05) is 6.42 Å². The van der Waals surface area contributed by atoms with E-state index in [1.54, 1.807) is 0 Å². The average Bonchev–Trinajstić information content (AvgIpc) is 2.96. The summed E-state index contributed by atoms with van der Waals surface area (Å²) in [5.41, 5.74) is 4.29. The van der Waals surface area contributed by atoms with E-state index >= 15 is 0 Å². The van der Waals surface area contributed by atoms with Gasteiger partial charge in [0.1, 0.15) is 5.52 Å². The number of anilines is 2. The second kappa shape index (κ2) is 6.24. The van der Waals surface area contributed by atoms with E-state index in [2.05, 4.69) is 10.3 Å². The van der Waals surface area contributed by atoms with Gasteiger partial charge in [-0.05, 0) is 55.3 Å². The highest BCUT2D eigenvalue weighted by molar-refractivity contribution is 5.94. The van der Waals surface area contributed by atoms with Crippen molar-refractivity contribution in [1.29, 1.82) is 0 Å². The van der Waals surface area contributed by atoms with E-state index < -0.39 is 0 Å². The molecule has 5 heteroatoms. The summed E-state index contributed by atoms with van der Waals surface area (Å²) in [4.78, 5) is 18.7. The summed E-state index contributed by atoms with van der Waals surface area (Å²) in [5.74, 6) is 0.857. The molecule has 1 aromatic heterocycles. The molecule has 1 amide bonds. The van der Waals surface area contributed by atoms with E-state index in [9.17, 15) is 4.79 Å². The van der Waals surface area contributed by atoms with E-state index in [4.69, 9.17) is 4.42 Å². The molecule has 128 valence electrons. The van der Waals surface area contributed by atoms with Crippen molar-refractivity contribution in [3.05, 3.63) is 42.5 Å². The Balaban J connectivity index is 1.58. The molecule has 0 aliphatic heterocycles. The summed E-state index contributed by atoms with van der Waals surface area (Å²) in [7, 11) is 4.02. The van der Waals surface area contributed by atoms with Gasteiger partial charge in [-0.3, -0.25) is 4.79 Å². The molecule has 0 unspecified atom stereocenters. The van der Waals surface area contributed by atoms with Crippen LogP contribution in [0.25, 0.3) is 22.6 Å². The Kier molecular flexibility index (Phi) is 3.92. The number of carbonyl (C=O) groups excluding carboxylic acids is 1. The molecule has 25 heavy (non-hydrogen) atoms. The number of hydrogen-bond donors (Lipinski definition) is 1. The van der Waals surface area contributed by atoms with Crippen LogP contribution in [0, 0.1) is 5.92 Å². The zero-order chi connectivity index (χ0) is 17.4. The van der Waals surface area contributed by atoms with Gasteiger partial charge in [0.25, 0.3) is 0 Å². The number of hydrogen-bond acceptors (Lipinski definition) is 4. The smallest absolute Gasteiger partial charge is 0.227 e. The van der Waals surface area contributed by atoms with Crippen LogP contribution in [0.5, 0.6) is 0 Å². The first-order chi connectivity index (χ1) is 12.1. The molecule has 3 aromatic rings. The first kappa shape index (κ1) is 15.7. The van der Waals surface area contributed by atoms with Crippen LogP contribution >= 0.6 is 0 Å². The lowest BCUT2D eigenvalue weighted by molar-refractivity contribution is -0.122. The van der Waals surface area contributed by atoms with Crippen LogP contribution in [0.3, 0.4) is 0 Å². The number of aromatic nitrogens is 1. The van der Waals surface area contributed by atoms with Gasteiger partial charge in [0, 0.05) is 37.0 Å². The van der Waals surface area contributed by atoms with Crippen molar-refractivity contribution in [3.8, 4) is 11.5 Å². The van der Waals surface area contributed by atoms with Crippen LogP contribution in [0.2, 0.25) is 0 Å². The van der Waals surface area contributed by atoms with Gasteiger partial charge in [0.15, 0.2) is 5.58 Å². The first-order valence-electron chi connectivity index (χ1n) is 8.59. The molecule has 0 atom stereocenters. The van der Waals surface area contributed by atoms with Gasteiger partial charge in [-0.15, -0.1) is 0 Å². The molecule has 4 rings (SSSR count). The molecular formula is C20H21N3O2. The second-order valence-electron chi connectivity index (χ2n) is 6.76. The first-order valence-corrected chi connectivity index (χ1v) is 8.59. The molecule has 2 aromatic carbocycles. The van der Waals surface area contributed by atoms with Crippen molar-refractivity contribution < 1.29 is 9.21 Å². The van der Waals surface area contributed by atoms with Gasteiger partial charge >= 0.3 is 0 Å². The Hall–Kier alpha value is -2.82. The monoisotopic (exact) mass is 335 g/mol. The molecular weight excluding hydrogens is 314 g/mol. The lowest BCUT2D eigenvalue weighted by Crippen LogP contribution is -2.27. The average molecular weight is 335 g/mol. The third kappa shape index (κ3) is 3.09. The highest BCUT2D eigenvalue weighted by atomic mass is 16.3. The van der Waals surface area contributed by atoms with E-state index in [1.165, 1.54) is 0 Å². The Morgan fingerprint density at radius 3 is 2.56 bits per heavy atom. The quantitative estimate of drug-likeness (QED) is 0.772. The second-order valence-corrected chi connectivity index (χ2v) is 6.76. The van der Waals surface area contributed by atoms with Gasteiger partial charge in [0.2, 0.25) is 11.8 Å². The predicted octanol–water partition coefficient (Wildman–Crippen LogP) is 4.30. The van der Waals surface area contributed by atoms with E-state index in [0.29, 0.717) is 11.5 Å². The number of amides is 1. The summed E-state index contributed by atoms with van der Waals surface area (Å²) >= 11 is 0. The predicted molar refractivity (Wildman–Crippen MR) is 99.7 cm³/mol. The zero-order valence-electron chi connectivity index (χ0n) is 14.5. The molecule has 0 bridgehead atoms. The fourth-order valence-corrected chi connectivity index (χ4v) is 2.95. The number of oxazole rings is 1. The van der Waals surface area contributed by atoms with Crippen LogP contribution in [0.4, 0.5) is 11.4 Å². The molecule has 1 heterocycles. The Morgan fingerprint density at radius 1 is 1.16 bits per heavy atom. The fraction of sp³-hybridized carbons (Fsp3) is 0.300. The van der Waals surface area contributed by atoms with Crippen molar-refractivity contribution in [1.82, 2.24) is 4.98 Å². The summed E-state index contributed by atoms with van der Waals surface area (Å²) in [6.45, 7) is 0. The van der Waals surface area contributed by atoms with E-state index in [1.807, 2.05) is 61.5 Å². The fourth-order valence-electron chi connectivity index (χ4n) is 2.95. The topological polar surface area (TPSA) is 58.4 Å². The van der Waals surface area contributed by atoms with Crippen molar-refractivity contribution in [2.24, 2.45) is 5.92 Å². The lowest BCUT2D eigenvalue weighted by Gasteiger charge is -2.23. The summed E-state index contributed by atoms with van der Waals surface area (Å²) in [5, 5.41) is 2.98. The van der Waals surface area contributed by atoms with Crippen molar-refractivity contribution >= 4 is 28.4 Å². The number of rotatable bonds is 4. The lowest BCUT2D eigenvalue weighted by atomic mass is 9.85. The third-order valence-electron chi connectivity index (χ3n) is 4.76. The number of nitrogens with one attached hydrogen (secondary N) is 1. The SMILES string of the molecule is CN(C)c1ccc(-c2nc3cc(NC(=O)C4CCC4)ccc3o2)cc1. The number of fused-ring (bicyclic) bond motifs is 1. The minimum atomic E-state index is 0.105. The van der Waals surface area contributed by atoms with E-state index in [-0.39, 0.29) is 11.8 Å². The highest BCUT2D eigenvalue weighted by Gasteiger charge is 2.25. The largest absolute Gasteiger partial charge is 0.436 e. The van der Waals surface area contributed by atoms with E-state index in [0.717, 1.165) is 41.7 Å². The molecule has 0 radical (unpaired) electrons. The number of carbonyl (C=O) groups is 1. The van der Waals surface area contributed by atoms with Gasteiger partial charge in [0.05, 0.1) is 0 Å². The van der Waals surface area contributed by atoms with Crippen molar-refractivity contribution in [2.45, 2.75) is 19.3 Å². The molecule has 0 spiro atoms. The third-order valence-corrected chi connectivity index (χ3v) is 4.76. The zero-order valence-corrected chi connectivity index (χ0v) is 14.5. The van der Waals surface area contributed by atoms with Gasteiger partial charge in [-0.25, -0.2) is 4.98 Å². The summed E-state index contributed by atoms with van der Waals surface area (Å²) < 4.78 is 5.86. The standard InChI is InChI=1S/C20H21N3O2/c1-23(2)16-9-6-14(7-10-16)20-22-17-12-15(8-11-18(17)25-20)21-19(24)13-4-3-5-13/h6-13H,3-5H2,1-2H3,(H,21,24). The number of benzene rings is 2. The Bertz CT molecular complexity index is 908. The molecule has 1 aliphatic carbocycles. The van der Waals surface area contributed by atoms with Gasteiger partial charge < -0.3 is 14.6 Å². The normalized spacial score (nSPS) is 14.3. The van der Waals surface area contributed by atoms with Crippen LogP contribution in [-0.4, -0.2) is 25.0 Å². The van der Waals surface area contributed by atoms with Crippen LogP contribution in [0.1, 0.15) is 19.3 Å². The maximum atomic E-state index is 12.1. The van der Waals surface area contributed by atoms with Crippen LogP contribution in [-0.2, 0) is 4.79 Å². The van der Waals surface area contributed by atoms with Crippen molar-refractivity contribution in [3.63, 3.8) is 0 Å². The molecule has 1 saturated carbocycles. The van der Waals surface area contributed by atoms with Crippen molar-refractivity contribution in [2.75, 3.05) is 24.3 Å². The molecule has 1 aliphatic rings. The highest BCUT2D eigenvalue weighted by Crippen LogP contribution is 2.30. The molecule has 0 saturated heterocycles. The maximum Gasteiger partial charge on any atom is 0.227 e. The minimum absolute atomic E-state index is 0.105. The van der Waals surface area contributed by atoms with Gasteiger partial charge in [-0.2, -0.15) is 0 Å². The Morgan fingerprint density at radius 2 is 1.92 bits per heavy atom. The molecule has 1 N–H and O–H groups in total.